The molecule has 0 fully saturated rings. The summed E-state index contributed by atoms with van der Waals surface area (Å²) in [6.45, 7) is 3.91. The Kier molecular flexibility index (Phi) is 6.07. The SMILES string of the molecule is Cc1ccc(-c2csc(NC(=O)c3ccc(NS(=O)(=O)c4ccc(C)cc4)cc3)n2)cc1. The summed E-state index contributed by atoms with van der Waals surface area (Å²) in [7, 11) is -3.70. The Morgan fingerprint density at radius 2 is 1.44 bits per heavy atom. The standard InChI is InChI=1S/C24H21N3O3S2/c1-16-3-7-18(8-4-16)22-15-31-24(25-22)26-23(28)19-9-11-20(12-10-19)27-32(29,30)21-13-5-17(2)6-14-21/h3-15,27H,1-2H3,(H,25,26,28). The predicted octanol–water partition coefficient (Wildman–Crippen LogP) is 5.48. The van der Waals surface area contributed by atoms with Gasteiger partial charge >= 0.3 is 0 Å². The largest absolute Gasteiger partial charge is 0.298 e. The van der Waals surface area contributed by atoms with Crippen LogP contribution in [-0.2, 0) is 10.0 Å². The van der Waals surface area contributed by atoms with Gasteiger partial charge in [0.25, 0.3) is 15.9 Å². The highest BCUT2D eigenvalue weighted by Gasteiger charge is 2.15. The fourth-order valence-corrected chi connectivity index (χ4v) is 4.75. The second-order valence-corrected chi connectivity index (χ2v) is 9.89. The fraction of sp³-hybridized carbons (Fsp3) is 0.0833. The van der Waals surface area contributed by atoms with Crippen molar-refractivity contribution in [3.05, 3.63) is 94.9 Å². The molecule has 0 saturated heterocycles. The number of carbonyl (C=O) groups is 1. The highest BCUT2D eigenvalue weighted by molar-refractivity contribution is 7.92. The molecule has 4 rings (SSSR count). The van der Waals surface area contributed by atoms with Gasteiger partial charge in [0.1, 0.15) is 0 Å². The van der Waals surface area contributed by atoms with E-state index in [1.807, 2.05) is 43.5 Å². The van der Waals surface area contributed by atoms with Crippen LogP contribution in [0.4, 0.5) is 10.8 Å². The number of thiazole rings is 1. The van der Waals surface area contributed by atoms with Crippen LogP contribution in [0.1, 0.15) is 21.5 Å². The first-order valence-electron chi connectivity index (χ1n) is 9.84. The molecule has 0 spiro atoms. The Morgan fingerprint density at radius 1 is 0.844 bits per heavy atom. The van der Waals surface area contributed by atoms with Crippen molar-refractivity contribution >= 4 is 38.1 Å². The molecule has 8 heteroatoms. The summed E-state index contributed by atoms with van der Waals surface area (Å²) >= 11 is 1.35. The van der Waals surface area contributed by atoms with Crippen LogP contribution in [0.2, 0.25) is 0 Å². The average molecular weight is 464 g/mol. The number of nitrogens with one attached hydrogen (secondary N) is 2. The van der Waals surface area contributed by atoms with Gasteiger partial charge in [-0.2, -0.15) is 0 Å². The van der Waals surface area contributed by atoms with E-state index in [1.165, 1.54) is 16.9 Å². The van der Waals surface area contributed by atoms with Crippen molar-refractivity contribution in [2.24, 2.45) is 0 Å². The van der Waals surface area contributed by atoms with E-state index in [4.69, 9.17) is 0 Å². The van der Waals surface area contributed by atoms with Gasteiger partial charge in [-0.15, -0.1) is 11.3 Å². The van der Waals surface area contributed by atoms with Gasteiger partial charge in [0.15, 0.2) is 5.13 Å². The molecular formula is C24H21N3O3S2. The quantitative estimate of drug-likeness (QED) is 0.396. The molecule has 0 saturated carbocycles. The lowest BCUT2D eigenvalue weighted by atomic mass is 10.1. The van der Waals surface area contributed by atoms with E-state index in [0.717, 1.165) is 16.8 Å². The van der Waals surface area contributed by atoms with Crippen LogP contribution in [0, 0.1) is 13.8 Å². The Labute approximate surface area is 191 Å². The zero-order chi connectivity index (χ0) is 22.7. The number of aryl methyl sites for hydroxylation is 2. The van der Waals surface area contributed by atoms with Crippen molar-refractivity contribution < 1.29 is 13.2 Å². The van der Waals surface area contributed by atoms with Gasteiger partial charge in [0.2, 0.25) is 0 Å². The van der Waals surface area contributed by atoms with Gasteiger partial charge < -0.3 is 0 Å². The zero-order valence-electron chi connectivity index (χ0n) is 17.5. The van der Waals surface area contributed by atoms with Crippen LogP contribution >= 0.6 is 11.3 Å². The predicted molar refractivity (Wildman–Crippen MR) is 129 cm³/mol. The van der Waals surface area contributed by atoms with Crippen LogP contribution in [0.25, 0.3) is 11.3 Å². The number of benzene rings is 3. The van der Waals surface area contributed by atoms with Crippen LogP contribution in [0.15, 0.2) is 83.1 Å². The minimum atomic E-state index is -3.70. The Balaban J connectivity index is 1.42. The van der Waals surface area contributed by atoms with Crippen molar-refractivity contribution in [1.82, 2.24) is 4.98 Å². The molecule has 0 unspecified atom stereocenters. The van der Waals surface area contributed by atoms with Gasteiger partial charge in [-0.05, 0) is 50.2 Å². The summed E-state index contributed by atoms with van der Waals surface area (Å²) < 4.78 is 27.6. The molecule has 0 aliphatic rings. The van der Waals surface area contributed by atoms with E-state index < -0.39 is 10.0 Å². The van der Waals surface area contributed by atoms with Gasteiger partial charge in [-0.1, -0.05) is 47.5 Å². The zero-order valence-corrected chi connectivity index (χ0v) is 19.1. The maximum Gasteiger partial charge on any atom is 0.261 e. The summed E-state index contributed by atoms with van der Waals surface area (Å²) in [5.74, 6) is -0.317. The molecule has 0 radical (unpaired) electrons. The fourth-order valence-electron chi connectivity index (χ4n) is 2.98. The Hall–Kier alpha value is -3.49. The second-order valence-electron chi connectivity index (χ2n) is 7.35. The maximum absolute atomic E-state index is 12.6. The second kappa shape index (κ2) is 8.94. The molecule has 0 aliphatic carbocycles. The highest BCUT2D eigenvalue weighted by atomic mass is 32.2. The van der Waals surface area contributed by atoms with E-state index in [-0.39, 0.29) is 10.8 Å². The molecule has 162 valence electrons. The van der Waals surface area contributed by atoms with Gasteiger partial charge in [0, 0.05) is 22.2 Å². The van der Waals surface area contributed by atoms with E-state index in [2.05, 4.69) is 15.0 Å². The third-order valence-corrected chi connectivity index (χ3v) is 6.96. The molecule has 32 heavy (non-hydrogen) atoms. The molecule has 0 atom stereocenters. The lowest BCUT2D eigenvalue weighted by molar-refractivity contribution is 0.102. The number of nitrogens with zero attached hydrogens (tertiary/aromatic N) is 1. The Morgan fingerprint density at radius 3 is 2.06 bits per heavy atom. The number of carbonyl (C=O) groups excluding carboxylic acids is 1. The summed E-state index contributed by atoms with van der Waals surface area (Å²) in [5, 5.41) is 5.18. The molecule has 3 aromatic carbocycles. The van der Waals surface area contributed by atoms with Crippen molar-refractivity contribution in [3.8, 4) is 11.3 Å². The van der Waals surface area contributed by atoms with Crippen molar-refractivity contribution in [2.75, 3.05) is 10.0 Å². The molecule has 1 amide bonds. The van der Waals surface area contributed by atoms with Gasteiger partial charge in [-0.3, -0.25) is 14.8 Å². The van der Waals surface area contributed by atoms with Gasteiger partial charge in [0.05, 0.1) is 10.6 Å². The molecule has 4 aromatic rings. The summed E-state index contributed by atoms with van der Waals surface area (Å²) in [4.78, 5) is 17.2. The minimum Gasteiger partial charge on any atom is -0.298 e. The van der Waals surface area contributed by atoms with Crippen LogP contribution in [0.5, 0.6) is 0 Å². The van der Waals surface area contributed by atoms with E-state index in [1.54, 1.807) is 48.5 Å². The molecule has 6 nitrogen and oxygen atoms in total. The van der Waals surface area contributed by atoms with Crippen molar-refractivity contribution in [1.29, 1.82) is 0 Å². The van der Waals surface area contributed by atoms with Crippen molar-refractivity contribution in [3.63, 3.8) is 0 Å². The number of amides is 1. The van der Waals surface area contributed by atoms with Crippen LogP contribution in [0.3, 0.4) is 0 Å². The lowest BCUT2D eigenvalue weighted by Crippen LogP contribution is -2.14. The molecule has 0 aliphatic heterocycles. The molecular weight excluding hydrogens is 442 g/mol. The average Bonchev–Trinajstić information content (AvgIpc) is 3.23. The third kappa shape index (κ3) is 5.04. The van der Waals surface area contributed by atoms with E-state index in [0.29, 0.717) is 16.4 Å². The number of aromatic nitrogens is 1. The first-order chi connectivity index (χ1) is 15.3. The maximum atomic E-state index is 12.6. The number of sulfonamides is 1. The summed E-state index contributed by atoms with van der Waals surface area (Å²) in [5.41, 5.74) is 4.70. The smallest absolute Gasteiger partial charge is 0.261 e. The normalized spacial score (nSPS) is 11.2. The number of hydrogen-bond acceptors (Lipinski definition) is 5. The van der Waals surface area contributed by atoms with Crippen LogP contribution in [-0.4, -0.2) is 19.3 Å². The van der Waals surface area contributed by atoms with E-state index >= 15 is 0 Å². The minimum absolute atomic E-state index is 0.179. The highest BCUT2D eigenvalue weighted by Crippen LogP contribution is 2.25. The first kappa shape index (κ1) is 21.7. The van der Waals surface area contributed by atoms with E-state index in [9.17, 15) is 13.2 Å². The summed E-state index contributed by atoms with van der Waals surface area (Å²) in [6, 6.07) is 20.8. The molecule has 1 heterocycles. The topological polar surface area (TPSA) is 88.2 Å². The van der Waals surface area contributed by atoms with Gasteiger partial charge in [-0.25, -0.2) is 13.4 Å². The van der Waals surface area contributed by atoms with Crippen LogP contribution < -0.4 is 10.0 Å². The Bertz CT molecular complexity index is 1340. The monoisotopic (exact) mass is 463 g/mol. The van der Waals surface area contributed by atoms with Crippen molar-refractivity contribution in [2.45, 2.75) is 18.7 Å². The lowest BCUT2D eigenvalue weighted by Gasteiger charge is -2.09. The molecule has 1 aromatic heterocycles. The summed E-state index contributed by atoms with van der Waals surface area (Å²) in [6.07, 6.45) is 0. The number of hydrogen-bond donors (Lipinski definition) is 2. The number of anilines is 2. The third-order valence-electron chi connectivity index (χ3n) is 4.80. The molecule has 0 bridgehead atoms. The molecule has 2 N–H and O–H groups in total. The first-order valence-corrected chi connectivity index (χ1v) is 12.2. The number of rotatable bonds is 6.